The van der Waals surface area contributed by atoms with E-state index in [0.29, 0.717) is 6.29 Å². The molecule has 0 radical (unpaired) electrons. The van der Waals surface area contributed by atoms with Crippen LogP contribution in [0.3, 0.4) is 0 Å². The Kier molecular flexibility index (Phi) is 13.7. The Balaban J connectivity index is 0.000000139. The Bertz CT molecular complexity index is 2300. The summed E-state index contributed by atoms with van der Waals surface area (Å²) in [5, 5.41) is 9.46. The van der Waals surface area contributed by atoms with E-state index >= 15 is 0 Å². The fourth-order valence-electron chi connectivity index (χ4n) is 8.22. The molecule has 0 bridgehead atoms. The van der Waals surface area contributed by atoms with Gasteiger partial charge in [0.05, 0.1) is 17.9 Å². The van der Waals surface area contributed by atoms with Crippen LogP contribution in [0, 0.1) is 6.92 Å². The summed E-state index contributed by atoms with van der Waals surface area (Å²) in [5.41, 5.74) is 17.4. The number of carbonyl (C=O) groups is 1. The Hall–Kier alpha value is -5.51. The van der Waals surface area contributed by atoms with Gasteiger partial charge >= 0.3 is 7.82 Å². The highest BCUT2D eigenvalue weighted by Crippen LogP contribution is 2.41. The summed E-state index contributed by atoms with van der Waals surface area (Å²) in [5.74, 6) is -0.318. The van der Waals surface area contributed by atoms with Gasteiger partial charge in [0.25, 0.3) is 0 Å². The molecule has 1 aromatic heterocycles. The van der Waals surface area contributed by atoms with E-state index in [1.54, 1.807) is 11.1 Å². The number of phosphoric acid groups is 1. The summed E-state index contributed by atoms with van der Waals surface area (Å²) in [6, 6.07) is 35.2. The molecule has 0 atom stereocenters. The van der Waals surface area contributed by atoms with Crippen LogP contribution >= 0.6 is 7.82 Å². The molecule has 2 aliphatic heterocycles. The van der Waals surface area contributed by atoms with E-state index < -0.39 is 14.4 Å². The summed E-state index contributed by atoms with van der Waals surface area (Å²) in [6.45, 7) is 5.65. The zero-order chi connectivity index (χ0) is 42.2. The molecule has 60 heavy (non-hydrogen) atoms. The second-order valence-electron chi connectivity index (χ2n) is 15.6. The lowest BCUT2D eigenvalue weighted by atomic mass is 9.86. The van der Waals surface area contributed by atoms with Crippen molar-refractivity contribution in [2.24, 2.45) is 0 Å². The molecule has 4 aromatic carbocycles. The normalized spacial score (nSPS) is 16.1. The number of hydrogen-bond donors (Lipinski definition) is 3. The minimum Gasteiger partial charge on any atom is -0.505 e. The van der Waals surface area contributed by atoms with Gasteiger partial charge in [-0.05, 0) is 102 Å². The Labute approximate surface area is 353 Å². The van der Waals surface area contributed by atoms with Gasteiger partial charge in [-0.25, -0.2) is 4.57 Å². The maximum atomic E-state index is 10.7. The number of pyridine rings is 1. The Morgan fingerprint density at radius 1 is 0.633 bits per heavy atom. The van der Waals surface area contributed by atoms with Gasteiger partial charge in [0.2, 0.25) is 0 Å². The molecule has 0 unspecified atom stereocenters. The van der Waals surface area contributed by atoms with Crippen molar-refractivity contribution >= 4 is 49.6 Å². The van der Waals surface area contributed by atoms with Crippen molar-refractivity contribution < 1.29 is 28.8 Å². The van der Waals surface area contributed by atoms with Crippen molar-refractivity contribution in [3.63, 3.8) is 0 Å². The molecule has 2 aliphatic carbocycles. The van der Waals surface area contributed by atoms with Crippen LogP contribution in [0.15, 0.2) is 114 Å². The minimum atomic E-state index is -4.61. The van der Waals surface area contributed by atoms with E-state index in [1.165, 1.54) is 94.5 Å². The summed E-state index contributed by atoms with van der Waals surface area (Å²) in [7, 11) is -0.173. The number of likely N-dealkylation sites (tertiary alicyclic amines) is 2. The molecular weight excluding hydrogens is 770 g/mol. The van der Waals surface area contributed by atoms with Gasteiger partial charge in [-0.3, -0.25) is 14.3 Å². The fourth-order valence-corrected chi connectivity index (χ4v) is 8.53. The molecule has 3 heterocycles. The maximum Gasteiger partial charge on any atom is 0.469 e. The van der Waals surface area contributed by atoms with Crippen LogP contribution in [-0.4, -0.2) is 76.2 Å². The topological polar surface area (TPSA) is 123 Å². The van der Waals surface area contributed by atoms with Crippen LogP contribution in [0.25, 0.3) is 35.5 Å². The molecule has 5 aromatic rings. The molecule has 2 saturated heterocycles. The third-order valence-electron chi connectivity index (χ3n) is 11.6. The summed E-state index contributed by atoms with van der Waals surface area (Å²) in [4.78, 5) is 36.3. The van der Waals surface area contributed by atoms with Crippen molar-refractivity contribution in [2.75, 3.05) is 40.3 Å². The lowest BCUT2D eigenvalue weighted by Crippen LogP contribution is -2.27. The predicted molar refractivity (Wildman–Crippen MR) is 242 cm³/mol. The highest BCUT2D eigenvalue weighted by Gasteiger charge is 2.23. The smallest absolute Gasteiger partial charge is 0.469 e. The molecular formula is C50H52N3O6P. The lowest BCUT2D eigenvalue weighted by Gasteiger charge is -2.27. The Morgan fingerprint density at radius 2 is 0.983 bits per heavy atom. The molecule has 0 spiro atoms. The number of carbonyl (C=O) groups excluding carboxylic acids is 1. The standard InChI is InChI=1S/2C21H21N.C8H10NO6P/c2*1-22-14-12-18(13-15-22)21-19-8-4-2-6-16(19)10-11-17-7-3-5-9-20(17)21;1-5-8(11)7(3-10)6(2-9-5)4-15-16(12,13)14/h2*2-11H,12-15H2,1H3;2-3,11H,4H2,1H3,(H2,12,13,14). The predicted octanol–water partition coefficient (Wildman–Crippen LogP) is 9.91. The second kappa shape index (κ2) is 19.3. The number of nitrogens with zero attached hydrogens (tertiary/aromatic N) is 3. The monoisotopic (exact) mass is 821 g/mol. The zero-order valence-electron chi connectivity index (χ0n) is 34.4. The fraction of sp³-hybridized carbons (Fsp3) is 0.240. The van der Waals surface area contributed by atoms with Crippen LogP contribution in [0.2, 0.25) is 0 Å². The molecule has 9 rings (SSSR count). The van der Waals surface area contributed by atoms with Crippen molar-refractivity contribution in [3.8, 4) is 5.75 Å². The molecule has 9 nitrogen and oxygen atoms in total. The third-order valence-corrected chi connectivity index (χ3v) is 12.0. The number of aldehydes is 1. The first-order valence-electron chi connectivity index (χ1n) is 20.4. The number of rotatable bonds is 4. The quantitative estimate of drug-likeness (QED) is 0.118. The van der Waals surface area contributed by atoms with Gasteiger partial charge in [-0.2, -0.15) is 0 Å². The first-order valence-corrected chi connectivity index (χ1v) is 21.9. The van der Waals surface area contributed by atoms with Crippen LogP contribution in [0.5, 0.6) is 5.75 Å². The van der Waals surface area contributed by atoms with E-state index in [9.17, 15) is 14.5 Å². The van der Waals surface area contributed by atoms with Crippen LogP contribution in [-0.2, 0) is 15.7 Å². The average molecular weight is 822 g/mol. The number of aromatic nitrogens is 1. The van der Waals surface area contributed by atoms with Crippen LogP contribution < -0.4 is 0 Å². The first kappa shape index (κ1) is 42.6. The SMILES string of the molecule is CN1CCC(=C2c3ccccc3C=Cc3ccccc32)CC1.CN1CCC(=C2c3ccccc3C=Cc3ccccc32)CC1.Cc1ncc(COP(=O)(O)O)c(C=O)c1O. The zero-order valence-corrected chi connectivity index (χ0v) is 35.3. The van der Waals surface area contributed by atoms with Crippen LogP contribution in [0.1, 0.15) is 91.8 Å². The number of fused-ring (bicyclic) bond motifs is 4. The lowest BCUT2D eigenvalue weighted by molar-refractivity contribution is 0.111. The summed E-state index contributed by atoms with van der Waals surface area (Å²) in [6.07, 6.45) is 15.3. The number of phosphoric ester groups is 1. The van der Waals surface area contributed by atoms with Crippen molar-refractivity contribution in [1.82, 2.24) is 14.8 Å². The highest BCUT2D eigenvalue weighted by molar-refractivity contribution is 7.46. The first-order chi connectivity index (χ1) is 29.0. The van der Waals surface area contributed by atoms with Gasteiger partial charge < -0.3 is 24.7 Å². The summed E-state index contributed by atoms with van der Waals surface area (Å²) < 4.78 is 14.7. The molecule has 4 aliphatic rings. The van der Waals surface area contributed by atoms with Crippen molar-refractivity contribution in [3.05, 3.63) is 176 Å². The number of piperidine rings is 2. The van der Waals surface area contributed by atoms with Crippen LogP contribution in [0.4, 0.5) is 0 Å². The van der Waals surface area contributed by atoms with Gasteiger partial charge in [-0.15, -0.1) is 0 Å². The van der Waals surface area contributed by atoms with Gasteiger partial charge in [0.15, 0.2) is 6.29 Å². The largest absolute Gasteiger partial charge is 0.505 e. The second-order valence-corrected chi connectivity index (χ2v) is 16.8. The molecule has 0 saturated carbocycles. The maximum absolute atomic E-state index is 10.7. The Morgan fingerprint density at radius 3 is 1.32 bits per heavy atom. The number of hydrogen-bond acceptors (Lipinski definition) is 7. The third kappa shape index (κ3) is 10.1. The van der Waals surface area contributed by atoms with Gasteiger partial charge in [-0.1, -0.05) is 133 Å². The highest BCUT2D eigenvalue weighted by atomic mass is 31.2. The molecule has 3 N–H and O–H groups in total. The number of aromatic hydroxyl groups is 1. The van der Waals surface area contributed by atoms with E-state index in [2.05, 4.69) is 155 Å². The number of benzene rings is 4. The number of aryl methyl sites for hydroxylation is 1. The van der Waals surface area contributed by atoms with E-state index in [4.69, 9.17) is 9.79 Å². The van der Waals surface area contributed by atoms with Crippen molar-refractivity contribution in [2.45, 2.75) is 39.2 Å². The van der Waals surface area contributed by atoms with Gasteiger partial charge in [0.1, 0.15) is 5.75 Å². The molecule has 2 fully saturated rings. The average Bonchev–Trinajstić information content (AvgIpc) is 3.53. The van der Waals surface area contributed by atoms with E-state index in [1.807, 2.05) is 0 Å². The van der Waals surface area contributed by atoms with Crippen molar-refractivity contribution in [1.29, 1.82) is 0 Å². The minimum absolute atomic E-state index is 0.0825. The van der Waals surface area contributed by atoms with E-state index in [0.717, 1.165) is 26.2 Å². The van der Waals surface area contributed by atoms with Gasteiger partial charge in [0, 0.05) is 37.9 Å². The summed E-state index contributed by atoms with van der Waals surface area (Å²) >= 11 is 0. The van der Waals surface area contributed by atoms with E-state index in [-0.39, 0.29) is 22.6 Å². The molecule has 308 valence electrons. The molecule has 10 heteroatoms. The molecule has 0 amide bonds.